The summed E-state index contributed by atoms with van der Waals surface area (Å²) >= 11 is 0. The van der Waals surface area contributed by atoms with Crippen molar-refractivity contribution in [3.05, 3.63) is 42.2 Å². The topological polar surface area (TPSA) is 63.5 Å². The molecule has 0 bridgehead atoms. The Morgan fingerprint density at radius 3 is 2.94 bits per heavy atom. The number of alkyl halides is 2. The van der Waals surface area contributed by atoms with Crippen LogP contribution in [0.5, 0.6) is 5.75 Å². The molecule has 0 radical (unpaired) electrons. The van der Waals surface area contributed by atoms with Gasteiger partial charge in [-0.1, -0.05) is 6.07 Å². The molecule has 1 spiro atoms. The van der Waals surface area contributed by atoms with Crippen LogP contribution in [-0.2, 0) is 0 Å². The van der Waals surface area contributed by atoms with Crippen LogP contribution in [0.4, 0.5) is 14.6 Å². The van der Waals surface area contributed by atoms with E-state index in [4.69, 9.17) is 9.72 Å². The zero-order valence-electron chi connectivity index (χ0n) is 17.2. The third-order valence-electron chi connectivity index (χ3n) is 6.81. The van der Waals surface area contributed by atoms with E-state index in [1.165, 1.54) is 12.8 Å². The first-order valence-corrected chi connectivity index (χ1v) is 11.0. The van der Waals surface area contributed by atoms with Crippen molar-refractivity contribution < 1.29 is 13.5 Å². The molecule has 2 aliphatic carbocycles. The Morgan fingerprint density at radius 2 is 2.16 bits per heavy atom. The van der Waals surface area contributed by atoms with Crippen LogP contribution < -0.4 is 15.4 Å². The van der Waals surface area contributed by atoms with Crippen LogP contribution in [0, 0.1) is 5.41 Å². The highest BCUT2D eigenvalue weighted by atomic mass is 19.3. The predicted octanol–water partition coefficient (Wildman–Crippen LogP) is 4.08. The lowest BCUT2D eigenvalue weighted by Crippen LogP contribution is -2.29. The SMILES string of the molecule is FC(F)COc1cc2ncc(-c3cccc(N[C@H]4CNCC45CC5)n3)n2cc1C1CC1. The minimum Gasteiger partial charge on any atom is -0.487 e. The Bertz CT molecular complexity index is 1120. The number of aromatic nitrogens is 3. The molecule has 31 heavy (non-hydrogen) atoms. The molecule has 1 aliphatic heterocycles. The molecule has 3 aromatic heterocycles. The fourth-order valence-corrected chi connectivity index (χ4v) is 4.72. The minimum atomic E-state index is -2.50. The van der Waals surface area contributed by atoms with Crippen molar-refractivity contribution in [3.8, 4) is 17.1 Å². The molecular formula is C23H25F2N5O. The monoisotopic (exact) mass is 425 g/mol. The quantitative estimate of drug-likeness (QED) is 0.597. The number of hydrogen-bond acceptors (Lipinski definition) is 5. The zero-order chi connectivity index (χ0) is 21.0. The summed E-state index contributed by atoms with van der Waals surface area (Å²) in [6, 6.07) is 8.17. The number of nitrogens with zero attached hydrogens (tertiary/aromatic N) is 3. The molecule has 4 heterocycles. The summed E-state index contributed by atoms with van der Waals surface area (Å²) in [6.45, 7) is 1.45. The summed E-state index contributed by atoms with van der Waals surface area (Å²) in [6.07, 6.45) is 5.91. The van der Waals surface area contributed by atoms with Crippen molar-refractivity contribution in [2.24, 2.45) is 5.41 Å². The van der Waals surface area contributed by atoms with Gasteiger partial charge in [0.2, 0.25) is 0 Å². The molecule has 162 valence electrons. The van der Waals surface area contributed by atoms with E-state index in [9.17, 15) is 8.78 Å². The van der Waals surface area contributed by atoms with Gasteiger partial charge >= 0.3 is 0 Å². The van der Waals surface area contributed by atoms with Crippen molar-refractivity contribution in [2.75, 3.05) is 25.0 Å². The van der Waals surface area contributed by atoms with E-state index in [0.717, 1.165) is 48.7 Å². The first-order chi connectivity index (χ1) is 15.1. The van der Waals surface area contributed by atoms with Gasteiger partial charge in [0.1, 0.15) is 23.8 Å². The number of fused-ring (bicyclic) bond motifs is 1. The van der Waals surface area contributed by atoms with E-state index in [-0.39, 0.29) is 0 Å². The highest BCUT2D eigenvalue weighted by Crippen LogP contribution is 2.51. The summed E-state index contributed by atoms with van der Waals surface area (Å²) in [7, 11) is 0. The molecule has 0 aromatic carbocycles. The van der Waals surface area contributed by atoms with E-state index < -0.39 is 13.0 Å². The predicted molar refractivity (Wildman–Crippen MR) is 114 cm³/mol. The van der Waals surface area contributed by atoms with Crippen LogP contribution in [0.25, 0.3) is 17.0 Å². The molecule has 6 nitrogen and oxygen atoms in total. The first kappa shape index (κ1) is 19.0. The number of rotatable bonds is 7. The number of ether oxygens (including phenoxy) is 1. The van der Waals surface area contributed by atoms with Crippen LogP contribution in [0.1, 0.15) is 37.2 Å². The number of anilines is 1. The standard InChI is InChI=1S/C23H25F2N5O/c24-20(25)12-31-18-8-22-27-9-17(30(22)11-15(18)14-4-5-14)16-2-1-3-21(28-16)29-19-10-26-13-23(19)6-7-23/h1-3,8-9,11,14,19-20,26H,4-7,10,12-13H2,(H,28,29)/t19-/m0/s1. The Labute approximate surface area is 179 Å². The number of nitrogens with one attached hydrogen (secondary N) is 2. The van der Waals surface area contributed by atoms with Gasteiger partial charge in [-0.2, -0.15) is 0 Å². The second kappa shape index (κ2) is 7.15. The Balaban J connectivity index is 1.32. The van der Waals surface area contributed by atoms with Crippen LogP contribution >= 0.6 is 0 Å². The van der Waals surface area contributed by atoms with Crippen LogP contribution in [0.15, 0.2) is 36.7 Å². The zero-order valence-corrected chi connectivity index (χ0v) is 17.2. The number of pyridine rings is 2. The van der Waals surface area contributed by atoms with E-state index in [0.29, 0.717) is 28.8 Å². The van der Waals surface area contributed by atoms with Crippen molar-refractivity contribution in [1.82, 2.24) is 19.7 Å². The molecule has 3 aliphatic rings. The molecule has 1 saturated heterocycles. The van der Waals surface area contributed by atoms with Crippen LogP contribution in [0.2, 0.25) is 0 Å². The molecule has 2 saturated carbocycles. The van der Waals surface area contributed by atoms with Gasteiger partial charge in [-0.25, -0.2) is 18.7 Å². The molecule has 1 atom stereocenters. The second-order valence-corrected chi connectivity index (χ2v) is 9.04. The number of hydrogen-bond donors (Lipinski definition) is 2. The van der Waals surface area contributed by atoms with Gasteiger partial charge < -0.3 is 15.4 Å². The first-order valence-electron chi connectivity index (χ1n) is 11.0. The normalized spacial score (nSPS) is 21.8. The molecule has 8 heteroatoms. The van der Waals surface area contributed by atoms with Gasteiger partial charge in [0, 0.05) is 42.4 Å². The fourth-order valence-electron chi connectivity index (χ4n) is 4.72. The molecule has 0 unspecified atom stereocenters. The van der Waals surface area contributed by atoms with Crippen molar-refractivity contribution in [1.29, 1.82) is 0 Å². The molecule has 0 amide bonds. The molecule has 3 aromatic rings. The maximum absolute atomic E-state index is 12.7. The summed E-state index contributed by atoms with van der Waals surface area (Å²) < 4.78 is 32.8. The summed E-state index contributed by atoms with van der Waals surface area (Å²) in [5.74, 6) is 1.74. The maximum Gasteiger partial charge on any atom is 0.272 e. The molecule has 6 rings (SSSR count). The third kappa shape index (κ3) is 3.52. The Hall–Kier alpha value is -2.74. The van der Waals surface area contributed by atoms with Crippen LogP contribution in [-0.4, -0.2) is 46.5 Å². The van der Waals surface area contributed by atoms with Gasteiger partial charge in [0.25, 0.3) is 6.43 Å². The van der Waals surface area contributed by atoms with E-state index in [1.54, 1.807) is 12.3 Å². The molecule has 2 N–H and O–H groups in total. The smallest absolute Gasteiger partial charge is 0.272 e. The summed E-state index contributed by atoms with van der Waals surface area (Å²) in [5, 5.41) is 7.12. The summed E-state index contributed by atoms with van der Waals surface area (Å²) in [4.78, 5) is 9.36. The van der Waals surface area contributed by atoms with E-state index in [1.807, 2.05) is 28.8 Å². The minimum absolute atomic E-state index is 0.359. The highest BCUT2D eigenvalue weighted by molar-refractivity contribution is 5.64. The average molecular weight is 425 g/mol. The lowest BCUT2D eigenvalue weighted by Gasteiger charge is -2.19. The number of halogens is 2. The Morgan fingerprint density at radius 1 is 1.29 bits per heavy atom. The van der Waals surface area contributed by atoms with Crippen molar-refractivity contribution in [2.45, 2.75) is 44.1 Å². The van der Waals surface area contributed by atoms with Gasteiger partial charge in [-0.15, -0.1) is 0 Å². The second-order valence-electron chi connectivity index (χ2n) is 9.04. The van der Waals surface area contributed by atoms with Gasteiger partial charge in [-0.3, -0.25) is 4.40 Å². The fraction of sp³-hybridized carbons (Fsp3) is 0.478. The maximum atomic E-state index is 12.7. The van der Waals surface area contributed by atoms with E-state index in [2.05, 4.69) is 15.6 Å². The summed E-state index contributed by atoms with van der Waals surface area (Å²) in [5.41, 5.74) is 3.74. The molecular weight excluding hydrogens is 400 g/mol. The lowest BCUT2D eigenvalue weighted by molar-refractivity contribution is 0.0814. The van der Waals surface area contributed by atoms with Gasteiger partial charge in [0.05, 0.1) is 17.6 Å². The average Bonchev–Trinajstić information content (AvgIpc) is 3.67. The Kier molecular flexibility index (Phi) is 4.38. The lowest BCUT2D eigenvalue weighted by atomic mass is 10.0. The largest absolute Gasteiger partial charge is 0.487 e. The van der Waals surface area contributed by atoms with Crippen molar-refractivity contribution >= 4 is 11.5 Å². The van der Waals surface area contributed by atoms with Crippen molar-refractivity contribution in [3.63, 3.8) is 0 Å². The number of imidazole rings is 1. The third-order valence-corrected chi connectivity index (χ3v) is 6.81. The molecule has 3 fully saturated rings. The van der Waals surface area contributed by atoms with Gasteiger partial charge in [-0.05, 0) is 43.7 Å². The van der Waals surface area contributed by atoms with Crippen LogP contribution in [0.3, 0.4) is 0 Å². The van der Waals surface area contributed by atoms with E-state index >= 15 is 0 Å². The highest BCUT2D eigenvalue weighted by Gasteiger charge is 2.52. The van der Waals surface area contributed by atoms with Gasteiger partial charge in [0.15, 0.2) is 0 Å².